The molecule has 0 aliphatic heterocycles. The average molecular weight is 218 g/mol. The molecule has 2 aromatic rings. The van der Waals surface area contributed by atoms with Crippen LogP contribution in [0.25, 0.3) is 0 Å². The maximum atomic E-state index is 12.9. The summed E-state index contributed by atoms with van der Waals surface area (Å²) in [7, 11) is 1.88. The summed E-state index contributed by atoms with van der Waals surface area (Å²) in [6.07, 6.45) is 4.72. The van der Waals surface area contributed by atoms with Gasteiger partial charge in [-0.15, -0.1) is 0 Å². The van der Waals surface area contributed by atoms with Gasteiger partial charge in [-0.1, -0.05) is 6.07 Å². The van der Waals surface area contributed by atoms with Crippen LogP contribution >= 0.6 is 0 Å². The molecule has 0 N–H and O–H groups in total. The molecule has 0 aliphatic rings. The van der Waals surface area contributed by atoms with Gasteiger partial charge in [-0.05, 0) is 17.7 Å². The van der Waals surface area contributed by atoms with Gasteiger partial charge in [-0.2, -0.15) is 0 Å². The highest BCUT2D eigenvalue weighted by Gasteiger charge is 2.07. The second-order valence-electron chi connectivity index (χ2n) is 3.59. The lowest BCUT2D eigenvalue weighted by Crippen LogP contribution is -2.01. The Morgan fingerprint density at radius 1 is 1.50 bits per heavy atom. The number of aldehydes is 1. The summed E-state index contributed by atoms with van der Waals surface area (Å²) in [6, 6.07) is 4.21. The Balaban J connectivity index is 2.34. The molecule has 1 heterocycles. The monoisotopic (exact) mass is 218 g/mol. The molecule has 0 aliphatic carbocycles. The number of imidazole rings is 1. The minimum atomic E-state index is -0.398. The van der Waals surface area contributed by atoms with Crippen molar-refractivity contribution in [2.24, 2.45) is 7.05 Å². The molecular formula is C12H11FN2O. The van der Waals surface area contributed by atoms with Crippen LogP contribution in [0.15, 0.2) is 30.6 Å². The lowest BCUT2D eigenvalue weighted by atomic mass is 10.1. The van der Waals surface area contributed by atoms with Crippen LogP contribution in [-0.4, -0.2) is 15.8 Å². The van der Waals surface area contributed by atoms with Gasteiger partial charge >= 0.3 is 0 Å². The number of aromatic nitrogens is 2. The number of halogens is 1. The third-order valence-corrected chi connectivity index (χ3v) is 2.50. The van der Waals surface area contributed by atoms with Crippen molar-refractivity contribution in [2.45, 2.75) is 6.42 Å². The first kappa shape index (κ1) is 10.5. The predicted molar refractivity (Wildman–Crippen MR) is 57.8 cm³/mol. The highest BCUT2D eigenvalue weighted by atomic mass is 19.1. The van der Waals surface area contributed by atoms with Crippen molar-refractivity contribution < 1.29 is 9.18 Å². The van der Waals surface area contributed by atoms with E-state index in [1.54, 1.807) is 12.3 Å². The Kier molecular flexibility index (Phi) is 2.81. The zero-order valence-corrected chi connectivity index (χ0v) is 8.85. The number of aryl methyl sites for hydroxylation is 1. The Hall–Kier alpha value is -1.97. The van der Waals surface area contributed by atoms with E-state index in [0.29, 0.717) is 18.3 Å². The second-order valence-corrected chi connectivity index (χ2v) is 3.59. The standard InChI is InChI=1S/C12H11FN2O/c1-15-5-4-14-12(15)7-9-2-3-11(13)6-10(9)8-16/h2-6,8H,7H2,1H3. The van der Waals surface area contributed by atoms with Crippen LogP contribution in [0.4, 0.5) is 4.39 Å². The molecule has 0 spiro atoms. The summed E-state index contributed by atoms with van der Waals surface area (Å²) in [5.74, 6) is 0.445. The first-order valence-corrected chi connectivity index (χ1v) is 4.90. The fraction of sp³-hybridized carbons (Fsp3) is 0.167. The fourth-order valence-corrected chi connectivity index (χ4v) is 1.57. The third-order valence-electron chi connectivity index (χ3n) is 2.50. The lowest BCUT2D eigenvalue weighted by Gasteiger charge is -2.05. The fourth-order valence-electron chi connectivity index (χ4n) is 1.57. The van der Waals surface area contributed by atoms with E-state index in [-0.39, 0.29) is 0 Å². The van der Waals surface area contributed by atoms with Gasteiger partial charge in [0.1, 0.15) is 17.9 Å². The third kappa shape index (κ3) is 2.00. The molecule has 0 radical (unpaired) electrons. The van der Waals surface area contributed by atoms with Crippen molar-refractivity contribution in [3.8, 4) is 0 Å². The number of rotatable bonds is 3. The van der Waals surface area contributed by atoms with Crippen molar-refractivity contribution in [1.82, 2.24) is 9.55 Å². The number of nitrogens with zero attached hydrogens (tertiary/aromatic N) is 2. The van der Waals surface area contributed by atoms with E-state index >= 15 is 0 Å². The van der Waals surface area contributed by atoms with Crippen LogP contribution in [-0.2, 0) is 13.5 Å². The maximum Gasteiger partial charge on any atom is 0.150 e. The van der Waals surface area contributed by atoms with Crippen LogP contribution in [0.3, 0.4) is 0 Å². The van der Waals surface area contributed by atoms with Crippen molar-refractivity contribution in [3.05, 3.63) is 53.4 Å². The first-order valence-electron chi connectivity index (χ1n) is 4.90. The summed E-state index contributed by atoms with van der Waals surface area (Å²) in [6.45, 7) is 0. The Labute approximate surface area is 92.5 Å². The van der Waals surface area contributed by atoms with Crippen molar-refractivity contribution in [3.63, 3.8) is 0 Å². The molecule has 4 heteroatoms. The summed E-state index contributed by atoms with van der Waals surface area (Å²) in [5, 5.41) is 0. The summed E-state index contributed by atoms with van der Waals surface area (Å²) in [5.41, 5.74) is 1.16. The van der Waals surface area contributed by atoms with Crippen LogP contribution in [0.1, 0.15) is 21.7 Å². The van der Waals surface area contributed by atoms with E-state index < -0.39 is 5.82 Å². The maximum absolute atomic E-state index is 12.9. The van der Waals surface area contributed by atoms with E-state index in [2.05, 4.69) is 4.98 Å². The van der Waals surface area contributed by atoms with E-state index in [1.165, 1.54) is 12.1 Å². The lowest BCUT2D eigenvalue weighted by molar-refractivity contribution is 0.112. The molecule has 0 saturated carbocycles. The number of hydrogen-bond acceptors (Lipinski definition) is 2. The molecule has 0 atom stereocenters. The zero-order chi connectivity index (χ0) is 11.5. The van der Waals surface area contributed by atoms with E-state index in [0.717, 1.165) is 11.4 Å². The van der Waals surface area contributed by atoms with Crippen LogP contribution in [0, 0.1) is 5.82 Å². The van der Waals surface area contributed by atoms with Gasteiger partial charge in [0.15, 0.2) is 0 Å². The van der Waals surface area contributed by atoms with Crippen molar-refractivity contribution >= 4 is 6.29 Å². The molecule has 1 aromatic heterocycles. The van der Waals surface area contributed by atoms with Crippen LogP contribution < -0.4 is 0 Å². The normalized spacial score (nSPS) is 10.4. The SMILES string of the molecule is Cn1ccnc1Cc1ccc(F)cc1C=O. The minimum absolute atomic E-state index is 0.378. The smallest absolute Gasteiger partial charge is 0.150 e. The summed E-state index contributed by atoms with van der Waals surface area (Å²) < 4.78 is 14.8. The van der Waals surface area contributed by atoms with Gasteiger partial charge in [0.05, 0.1) is 0 Å². The van der Waals surface area contributed by atoms with Gasteiger partial charge in [0, 0.05) is 31.4 Å². The van der Waals surface area contributed by atoms with Crippen LogP contribution in [0.5, 0.6) is 0 Å². The van der Waals surface area contributed by atoms with Crippen molar-refractivity contribution in [2.75, 3.05) is 0 Å². The van der Waals surface area contributed by atoms with Gasteiger partial charge in [0.25, 0.3) is 0 Å². The molecule has 3 nitrogen and oxygen atoms in total. The highest BCUT2D eigenvalue weighted by molar-refractivity contribution is 5.77. The predicted octanol–water partition coefficient (Wildman–Crippen LogP) is 1.96. The van der Waals surface area contributed by atoms with Gasteiger partial charge in [-0.25, -0.2) is 9.37 Å². The number of carbonyl (C=O) groups excluding carboxylic acids is 1. The van der Waals surface area contributed by atoms with Crippen LogP contribution in [0.2, 0.25) is 0 Å². The van der Waals surface area contributed by atoms with Gasteiger partial charge in [0.2, 0.25) is 0 Å². The van der Waals surface area contributed by atoms with E-state index in [9.17, 15) is 9.18 Å². The molecular weight excluding hydrogens is 207 g/mol. The highest BCUT2D eigenvalue weighted by Crippen LogP contribution is 2.13. The molecule has 82 valence electrons. The van der Waals surface area contributed by atoms with Crippen molar-refractivity contribution in [1.29, 1.82) is 0 Å². The molecule has 0 amide bonds. The largest absolute Gasteiger partial charge is 0.338 e. The first-order chi connectivity index (χ1) is 7.70. The Morgan fingerprint density at radius 3 is 2.94 bits per heavy atom. The van der Waals surface area contributed by atoms with Gasteiger partial charge in [-0.3, -0.25) is 4.79 Å². The number of hydrogen-bond donors (Lipinski definition) is 0. The molecule has 0 fully saturated rings. The molecule has 2 rings (SSSR count). The molecule has 0 unspecified atom stereocenters. The molecule has 0 bridgehead atoms. The second kappa shape index (κ2) is 4.26. The topological polar surface area (TPSA) is 34.9 Å². The number of benzene rings is 1. The van der Waals surface area contributed by atoms with E-state index in [4.69, 9.17) is 0 Å². The zero-order valence-electron chi connectivity index (χ0n) is 8.85. The Morgan fingerprint density at radius 2 is 2.31 bits per heavy atom. The summed E-state index contributed by atoms with van der Waals surface area (Å²) >= 11 is 0. The van der Waals surface area contributed by atoms with E-state index in [1.807, 2.05) is 17.8 Å². The quantitative estimate of drug-likeness (QED) is 0.738. The molecule has 0 saturated heterocycles. The van der Waals surface area contributed by atoms with Gasteiger partial charge < -0.3 is 4.57 Å². The molecule has 16 heavy (non-hydrogen) atoms. The summed E-state index contributed by atoms with van der Waals surface area (Å²) in [4.78, 5) is 15.0. The number of carbonyl (C=O) groups is 1. The molecule has 1 aromatic carbocycles. The average Bonchev–Trinajstić information content (AvgIpc) is 2.67. The minimum Gasteiger partial charge on any atom is -0.338 e. The Bertz CT molecular complexity index is 519.